The summed E-state index contributed by atoms with van der Waals surface area (Å²) in [6.45, 7) is 4.35. The van der Waals surface area contributed by atoms with Crippen LogP contribution in [0.2, 0.25) is 0 Å². The van der Waals surface area contributed by atoms with Crippen LogP contribution in [0.25, 0.3) is 0 Å². The Hall–Kier alpha value is -2.76. The van der Waals surface area contributed by atoms with E-state index in [2.05, 4.69) is 4.74 Å². The molecule has 2 rings (SSSR count). The van der Waals surface area contributed by atoms with Crippen molar-refractivity contribution in [3.63, 3.8) is 0 Å². The molecular weight excluding hydrogens is 322 g/mol. The van der Waals surface area contributed by atoms with Gasteiger partial charge in [-0.05, 0) is 43.2 Å². The average molecular weight is 345 g/mol. The van der Waals surface area contributed by atoms with E-state index in [1.807, 2.05) is 32.0 Å². The third-order valence-corrected chi connectivity index (χ3v) is 4.00. The minimum atomic E-state index is -0.368. The molecule has 0 fully saturated rings. The van der Waals surface area contributed by atoms with Crippen LogP contribution in [-0.2, 0) is 20.9 Å². The first-order valence-electron chi connectivity index (χ1n) is 8.07. The van der Waals surface area contributed by atoms with Gasteiger partial charge in [0.15, 0.2) is 6.61 Å². The van der Waals surface area contributed by atoms with Crippen LogP contribution in [0.4, 0.5) is 0 Å². The summed E-state index contributed by atoms with van der Waals surface area (Å²) in [4.78, 5) is 25.5. The molecule has 0 aliphatic rings. The number of aryl methyl sites for hydroxylation is 1. The minimum absolute atomic E-state index is 0.105. The first-order chi connectivity index (χ1) is 12.0. The van der Waals surface area contributed by atoms with Crippen LogP contribution in [0, 0.1) is 13.8 Å². The molecule has 1 aromatic heterocycles. The molecule has 0 aliphatic heterocycles. The summed E-state index contributed by atoms with van der Waals surface area (Å²) >= 11 is 0. The number of furan rings is 1. The molecule has 0 N–H and O–H groups in total. The van der Waals surface area contributed by atoms with Crippen molar-refractivity contribution < 1.29 is 23.5 Å². The Morgan fingerprint density at radius 1 is 1.16 bits per heavy atom. The molecule has 134 valence electrons. The van der Waals surface area contributed by atoms with Gasteiger partial charge < -0.3 is 18.8 Å². The van der Waals surface area contributed by atoms with Crippen molar-refractivity contribution in [3.05, 3.63) is 53.5 Å². The largest absolute Gasteiger partial charge is 0.483 e. The van der Waals surface area contributed by atoms with Gasteiger partial charge in [0.1, 0.15) is 11.5 Å². The van der Waals surface area contributed by atoms with Gasteiger partial charge in [-0.25, -0.2) is 0 Å². The Bertz CT molecular complexity index is 709. The van der Waals surface area contributed by atoms with E-state index in [1.54, 1.807) is 18.4 Å². The van der Waals surface area contributed by atoms with E-state index in [1.165, 1.54) is 12.0 Å². The molecule has 25 heavy (non-hydrogen) atoms. The number of methoxy groups -OCH3 is 1. The average Bonchev–Trinajstić information content (AvgIpc) is 3.12. The zero-order valence-corrected chi connectivity index (χ0v) is 14.8. The molecule has 0 spiro atoms. The lowest BCUT2D eigenvalue weighted by atomic mass is 10.1. The Kier molecular flexibility index (Phi) is 6.62. The van der Waals surface area contributed by atoms with Crippen molar-refractivity contribution in [1.29, 1.82) is 0 Å². The summed E-state index contributed by atoms with van der Waals surface area (Å²) in [5.74, 6) is 0.734. The lowest BCUT2D eigenvalue weighted by Gasteiger charge is -2.21. The summed E-state index contributed by atoms with van der Waals surface area (Å²) < 4.78 is 15.6. The molecule has 0 unspecified atom stereocenters. The van der Waals surface area contributed by atoms with E-state index >= 15 is 0 Å². The number of hydrogen-bond acceptors (Lipinski definition) is 5. The van der Waals surface area contributed by atoms with E-state index < -0.39 is 0 Å². The second kappa shape index (κ2) is 8.92. The second-order valence-corrected chi connectivity index (χ2v) is 5.71. The third-order valence-electron chi connectivity index (χ3n) is 4.00. The molecule has 6 heteroatoms. The summed E-state index contributed by atoms with van der Waals surface area (Å²) in [6.07, 6.45) is 1.66. The Morgan fingerprint density at radius 2 is 1.96 bits per heavy atom. The Labute approximate surface area is 147 Å². The normalized spacial score (nSPS) is 10.4. The number of benzene rings is 1. The molecule has 0 saturated heterocycles. The predicted octanol–water partition coefficient (Wildman–Crippen LogP) is 2.87. The van der Waals surface area contributed by atoms with Crippen molar-refractivity contribution in [2.75, 3.05) is 20.3 Å². The summed E-state index contributed by atoms with van der Waals surface area (Å²) in [7, 11) is 1.32. The van der Waals surface area contributed by atoms with Gasteiger partial charge in [-0.3, -0.25) is 9.59 Å². The number of carbonyl (C=O) groups is 2. The first-order valence-corrected chi connectivity index (χ1v) is 8.07. The number of esters is 1. The number of rotatable bonds is 8. The van der Waals surface area contributed by atoms with E-state index in [4.69, 9.17) is 9.15 Å². The van der Waals surface area contributed by atoms with Gasteiger partial charge in [0.05, 0.1) is 26.3 Å². The van der Waals surface area contributed by atoms with E-state index in [9.17, 15) is 9.59 Å². The van der Waals surface area contributed by atoms with Gasteiger partial charge in [0.2, 0.25) is 0 Å². The summed E-state index contributed by atoms with van der Waals surface area (Å²) in [5.41, 5.74) is 2.10. The molecule has 1 aromatic carbocycles. The fourth-order valence-electron chi connectivity index (χ4n) is 2.32. The quantitative estimate of drug-likeness (QED) is 0.688. The van der Waals surface area contributed by atoms with Crippen LogP contribution < -0.4 is 4.74 Å². The van der Waals surface area contributed by atoms with Crippen LogP contribution in [-0.4, -0.2) is 37.0 Å². The maximum Gasteiger partial charge on any atom is 0.307 e. The van der Waals surface area contributed by atoms with E-state index in [0.29, 0.717) is 11.5 Å². The number of carbonyl (C=O) groups excluding carboxylic acids is 2. The Balaban J connectivity index is 2.00. The number of hydrogen-bond donors (Lipinski definition) is 0. The lowest BCUT2D eigenvalue weighted by Crippen LogP contribution is -2.36. The number of ether oxygens (including phenoxy) is 2. The maximum atomic E-state index is 12.5. The molecular formula is C19H23NO5. The highest BCUT2D eigenvalue weighted by Gasteiger charge is 2.18. The molecule has 1 amide bonds. The number of amides is 1. The number of nitrogens with zero attached hydrogens (tertiary/aromatic N) is 1. The van der Waals surface area contributed by atoms with Crippen LogP contribution >= 0.6 is 0 Å². The zero-order valence-electron chi connectivity index (χ0n) is 14.8. The van der Waals surface area contributed by atoms with Crippen LogP contribution in [0.15, 0.2) is 41.0 Å². The highest BCUT2D eigenvalue weighted by molar-refractivity contribution is 5.78. The molecule has 0 aliphatic carbocycles. The van der Waals surface area contributed by atoms with Crippen molar-refractivity contribution in [2.45, 2.75) is 26.8 Å². The van der Waals surface area contributed by atoms with Crippen molar-refractivity contribution in [1.82, 2.24) is 4.90 Å². The molecule has 0 bridgehead atoms. The summed E-state index contributed by atoms with van der Waals surface area (Å²) in [5, 5.41) is 0. The SMILES string of the molecule is COC(=O)CCN(Cc1ccco1)C(=O)COc1cccc(C)c1C. The smallest absolute Gasteiger partial charge is 0.307 e. The molecule has 2 aromatic rings. The van der Waals surface area contributed by atoms with E-state index in [0.717, 1.165) is 11.1 Å². The molecule has 0 saturated carbocycles. The van der Waals surface area contributed by atoms with Crippen molar-refractivity contribution in [3.8, 4) is 5.75 Å². The molecule has 0 radical (unpaired) electrons. The van der Waals surface area contributed by atoms with E-state index in [-0.39, 0.29) is 38.0 Å². The van der Waals surface area contributed by atoms with Gasteiger partial charge >= 0.3 is 5.97 Å². The van der Waals surface area contributed by atoms with Crippen molar-refractivity contribution >= 4 is 11.9 Å². The molecule has 0 atom stereocenters. The van der Waals surface area contributed by atoms with Crippen molar-refractivity contribution in [2.24, 2.45) is 0 Å². The fraction of sp³-hybridized carbons (Fsp3) is 0.368. The van der Waals surface area contributed by atoms with Crippen LogP contribution in [0.1, 0.15) is 23.3 Å². The highest BCUT2D eigenvalue weighted by atomic mass is 16.5. The fourth-order valence-corrected chi connectivity index (χ4v) is 2.32. The second-order valence-electron chi connectivity index (χ2n) is 5.71. The van der Waals surface area contributed by atoms with Gasteiger partial charge in [-0.2, -0.15) is 0 Å². The highest BCUT2D eigenvalue weighted by Crippen LogP contribution is 2.20. The third kappa shape index (κ3) is 5.38. The van der Waals surface area contributed by atoms with Gasteiger partial charge in [-0.1, -0.05) is 12.1 Å². The molecule has 6 nitrogen and oxygen atoms in total. The maximum absolute atomic E-state index is 12.5. The first kappa shape index (κ1) is 18.6. The standard InChI is InChI=1S/C19H23NO5/c1-14-6-4-8-17(15(14)2)25-13-18(21)20(10-9-19(22)23-3)12-16-7-5-11-24-16/h4-8,11H,9-10,12-13H2,1-3H3. The molecule has 1 heterocycles. The van der Waals surface area contributed by atoms with Crippen LogP contribution in [0.3, 0.4) is 0 Å². The minimum Gasteiger partial charge on any atom is -0.483 e. The lowest BCUT2D eigenvalue weighted by molar-refractivity contribution is -0.142. The topological polar surface area (TPSA) is 69.0 Å². The van der Waals surface area contributed by atoms with Gasteiger partial charge in [0, 0.05) is 6.54 Å². The monoisotopic (exact) mass is 345 g/mol. The van der Waals surface area contributed by atoms with Gasteiger partial charge in [0.25, 0.3) is 5.91 Å². The van der Waals surface area contributed by atoms with Gasteiger partial charge in [-0.15, -0.1) is 0 Å². The Morgan fingerprint density at radius 3 is 2.64 bits per heavy atom. The zero-order chi connectivity index (χ0) is 18.2. The summed E-state index contributed by atoms with van der Waals surface area (Å²) in [6, 6.07) is 9.25. The predicted molar refractivity (Wildman–Crippen MR) is 92.2 cm³/mol. The van der Waals surface area contributed by atoms with Crippen LogP contribution in [0.5, 0.6) is 5.75 Å².